The number of amides is 1. The summed E-state index contributed by atoms with van der Waals surface area (Å²) in [5.41, 5.74) is 3.21. The second-order valence-corrected chi connectivity index (χ2v) is 5.97. The molecule has 0 saturated heterocycles. The van der Waals surface area contributed by atoms with Crippen LogP contribution in [-0.4, -0.2) is 22.5 Å². The van der Waals surface area contributed by atoms with E-state index in [1.807, 2.05) is 55.5 Å². The number of benzene rings is 2. The minimum absolute atomic E-state index is 0.143. The summed E-state index contributed by atoms with van der Waals surface area (Å²) < 4.78 is 12.5. The maximum atomic E-state index is 12.6. The van der Waals surface area contributed by atoms with Crippen LogP contribution in [0.4, 0.5) is 0 Å². The first-order chi connectivity index (χ1) is 12.7. The van der Waals surface area contributed by atoms with Crippen molar-refractivity contribution in [3.63, 3.8) is 0 Å². The number of aromatic nitrogens is 2. The van der Waals surface area contributed by atoms with E-state index in [4.69, 9.17) is 9.47 Å². The highest BCUT2D eigenvalue weighted by atomic mass is 16.7. The number of carbonyl (C=O) groups excluding carboxylic acids is 1. The third-order valence-electron chi connectivity index (χ3n) is 4.28. The normalized spacial score (nSPS) is 12.2. The van der Waals surface area contributed by atoms with Gasteiger partial charge in [-0.25, -0.2) is 0 Å². The first kappa shape index (κ1) is 16.2. The van der Waals surface area contributed by atoms with E-state index in [2.05, 4.69) is 10.4 Å². The van der Waals surface area contributed by atoms with Gasteiger partial charge in [0, 0.05) is 18.7 Å². The Hall–Kier alpha value is -3.28. The summed E-state index contributed by atoms with van der Waals surface area (Å²) in [4.78, 5) is 12.6. The summed E-state index contributed by atoms with van der Waals surface area (Å²) in [5.74, 6) is 1.28. The number of nitrogens with zero attached hydrogens (tertiary/aromatic N) is 2. The number of rotatable bonds is 5. The van der Waals surface area contributed by atoms with Crippen molar-refractivity contribution in [1.29, 1.82) is 0 Å². The van der Waals surface area contributed by atoms with Crippen molar-refractivity contribution in [2.45, 2.75) is 20.0 Å². The van der Waals surface area contributed by atoms with Crippen molar-refractivity contribution < 1.29 is 14.3 Å². The van der Waals surface area contributed by atoms with Crippen molar-refractivity contribution in [2.75, 3.05) is 6.79 Å². The summed E-state index contributed by atoms with van der Waals surface area (Å²) in [6, 6.07) is 17.3. The molecular weight excluding hydrogens is 330 g/mol. The molecule has 2 heterocycles. The van der Waals surface area contributed by atoms with Crippen LogP contribution in [0, 0.1) is 0 Å². The van der Waals surface area contributed by atoms with E-state index < -0.39 is 0 Å². The Balaban J connectivity index is 1.56. The highest BCUT2D eigenvalue weighted by Crippen LogP contribution is 2.35. The van der Waals surface area contributed by atoms with Crippen LogP contribution < -0.4 is 14.8 Å². The lowest BCUT2D eigenvalue weighted by Gasteiger charge is -2.06. The van der Waals surface area contributed by atoms with Crippen LogP contribution in [-0.2, 0) is 13.1 Å². The van der Waals surface area contributed by atoms with E-state index in [1.165, 1.54) is 0 Å². The predicted molar refractivity (Wildman–Crippen MR) is 97.1 cm³/mol. The van der Waals surface area contributed by atoms with Crippen LogP contribution in [0.2, 0.25) is 0 Å². The van der Waals surface area contributed by atoms with E-state index in [-0.39, 0.29) is 12.7 Å². The minimum atomic E-state index is -0.143. The van der Waals surface area contributed by atoms with Gasteiger partial charge in [0.15, 0.2) is 11.5 Å². The monoisotopic (exact) mass is 349 g/mol. The van der Waals surface area contributed by atoms with E-state index in [1.54, 1.807) is 10.7 Å². The zero-order valence-electron chi connectivity index (χ0n) is 14.4. The standard InChI is InChI=1S/C20H19N3O3/c1-2-23-17(20(24)21-12-14-6-4-3-5-7-14)11-16(22-23)15-8-9-18-19(10-15)26-13-25-18/h3-11H,2,12-13H2,1H3,(H,21,24). The molecule has 0 aliphatic carbocycles. The predicted octanol–water partition coefficient (Wildman–Crippen LogP) is 3.23. The van der Waals surface area contributed by atoms with Gasteiger partial charge in [0.05, 0.1) is 5.69 Å². The van der Waals surface area contributed by atoms with E-state index in [0.717, 1.165) is 22.6 Å². The second kappa shape index (κ2) is 6.92. The van der Waals surface area contributed by atoms with Crippen molar-refractivity contribution in [3.8, 4) is 22.8 Å². The summed E-state index contributed by atoms with van der Waals surface area (Å²) >= 11 is 0. The largest absolute Gasteiger partial charge is 0.454 e. The summed E-state index contributed by atoms with van der Waals surface area (Å²) in [6.45, 7) is 3.28. The highest BCUT2D eigenvalue weighted by Gasteiger charge is 2.18. The number of carbonyl (C=O) groups is 1. The minimum Gasteiger partial charge on any atom is -0.454 e. The van der Waals surface area contributed by atoms with Gasteiger partial charge >= 0.3 is 0 Å². The SMILES string of the molecule is CCn1nc(-c2ccc3c(c2)OCO3)cc1C(=O)NCc1ccccc1. The lowest BCUT2D eigenvalue weighted by atomic mass is 10.1. The molecule has 1 aliphatic rings. The zero-order valence-corrected chi connectivity index (χ0v) is 14.4. The molecule has 0 spiro atoms. The van der Waals surface area contributed by atoms with Crippen LogP contribution in [0.15, 0.2) is 54.6 Å². The molecule has 6 nitrogen and oxygen atoms in total. The first-order valence-corrected chi connectivity index (χ1v) is 8.54. The van der Waals surface area contributed by atoms with E-state index in [0.29, 0.717) is 24.5 Å². The Morgan fingerprint density at radius 3 is 2.73 bits per heavy atom. The number of ether oxygens (including phenoxy) is 2. The maximum Gasteiger partial charge on any atom is 0.269 e. The Labute approximate surface area is 151 Å². The molecule has 2 aromatic carbocycles. The average Bonchev–Trinajstić information content (AvgIpc) is 3.33. The summed E-state index contributed by atoms with van der Waals surface area (Å²) in [6.07, 6.45) is 0. The lowest BCUT2D eigenvalue weighted by molar-refractivity contribution is 0.0940. The highest BCUT2D eigenvalue weighted by molar-refractivity contribution is 5.93. The Morgan fingerprint density at radius 2 is 1.92 bits per heavy atom. The summed E-state index contributed by atoms with van der Waals surface area (Å²) in [5, 5.41) is 7.51. The number of nitrogens with one attached hydrogen (secondary N) is 1. The molecule has 1 N–H and O–H groups in total. The third-order valence-corrected chi connectivity index (χ3v) is 4.28. The van der Waals surface area contributed by atoms with Crippen LogP contribution >= 0.6 is 0 Å². The van der Waals surface area contributed by atoms with Crippen LogP contribution in [0.25, 0.3) is 11.3 Å². The van der Waals surface area contributed by atoms with E-state index >= 15 is 0 Å². The van der Waals surface area contributed by atoms with Crippen LogP contribution in [0.3, 0.4) is 0 Å². The smallest absolute Gasteiger partial charge is 0.269 e. The average molecular weight is 349 g/mol. The van der Waals surface area contributed by atoms with Crippen LogP contribution in [0.1, 0.15) is 23.0 Å². The maximum absolute atomic E-state index is 12.6. The Bertz CT molecular complexity index is 935. The number of hydrogen-bond donors (Lipinski definition) is 1. The van der Waals surface area contributed by atoms with E-state index in [9.17, 15) is 4.79 Å². The fourth-order valence-corrected chi connectivity index (χ4v) is 2.91. The van der Waals surface area contributed by atoms with Gasteiger partial charge < -0.3 is 14.8 Å². The van der Waals surface area contributed by atoms with Gasteiger partial charge in [-0.05, 0) is 36.8 Å². The van der Waals surface area contributed by atoms with Gasteiger partial charge in [0.2, 0.25) is 6.79 Å². The number of fused-ring (bicyclic) bond motifs is 1. The molecule has 3 aromatic rings. The van der Waals surface area contributed by atoms with Crippen molar-refractivity contribution in [2.24, 2.45) is 0 Å². The molecule has 4 rings (SSSR count). The molecule has 1 aliphatic heterocycles. The number of aryl methyl sites for hydroxylation is 1. The molecule has 0 atom stereocenters. The molecule has 26 heavy (non-hydrogen) atoms. The fourth-order valence-electron chi connectivity index (χ4n) is 2.91. The van der Waals surface area contributed by atoms with Crippen molar-refractivity contribution >= 4 is 5.91 Å². The molecule has 1 amide bonds. The van der Waals surface area contributed by atoms with Crippen LogP contribution in [0.5, 0.6) is 11.5 Å². The molecule has 0 bridgehead atoms. The van der Waals surface area contributed by atoms with Gasteiger partial charge in [-0.2, -0.15) is 5.10 Å². The van der Waals surface area contributed by atoms with Gasteiger partial charge in [-0.15, -0.1) is 0 Å². The second-order valence-electron chi connectivity index (χ2n) is 5.97. The van der Waals surface area contributed by atoms with Gasteiger partial charge in [0.25, 0.3) is 5.91 Å². The summed E-state index contributed by atoms with van der Waals surface area (Å²) in [7, 11) is 0. The van der Waals surface area contributed by atoms with Crippen molar-refractivity contribution in [1.82, 2.24) is 15.1 Å². The van der Waals surface area contributed by atoms with Gasteiger partial charge in [0.1, 0.15) is 5.69 Å². The Morgan fingerprint density at radius 1 is 1.12 bits per heavy atom. The molecule has 0 radical (unpaired) electrons. The topological polar surface area (TPSA) is 65.4 Å². The Kier molecular flexibility index (Phi) is 4.31. The molecule has 0 saturated carbocycles. The fraction of sp³-hybridized carbons (Fsp3) is 0.200. The first-order valence-electron chi connectivity index (χ1n) is 8.54. The molecular formula is C20H19N3O3. The lowest BCUT2D eigenvalue weighted by Crippen LogP contribution is -2.25. The van der Waals surface area contributed by atoms with Crippen molar-refractivity contribution in [3.05, 3.63) is 65.9 Å². The molecule has 0 fully saturated rings. The molecule has 132 valence electrons. The van der Waals surface area contributed by atoms with Gasteiger partial charge in [-0.3, -0.25) is 9.48 Å². The number of hydrogen-bond acceptors (Lipinski definition) is 4. The molecule has 6 heteroatoms. The third kappa shape index (κ3) is 3.13. The molecule has 0 unspecified atom stereocenters. The van der Waals surface area contributed by atoms with Gasteiger partial charge in [-0.1, -0.05) is 30.3 Å². The molecule has 1 aromatic heterocycles. The zero-order chi connectivity index (χ0) is 17.9. The quantitative estimate of drug-likeness (QED) is 0.768.